The van der Waals surface area contributed by atoms with E-state index < -0.39 is 34.2 Å². The van der Waals surface area contributed by atoms with Crippen LogP contribution in [-0.2, 0) is 20.7 Å². The summed E-state index contributed by atoms with van der Waals surface area (Å²) in [5.41, 5.74) is 2.34. The van der Waals surface area contributed by atoms with Crippen molar-refractivity contribution in [3.8, 4) is 5.69 Å². The van der Waals surface area contributed by atoms with Gasteiger partial charge in [0.15, 0.2) is 5.60 Å². The number of hydrogen-bond donors (Lipinski definition) is 2. The van der Waals surface area contributed by atoms with Crippen molar-refractivity contribution in [1.29, 1.82) is 0 Å². The van der Waals surface area contributed by atoms with E-state index in [4.69, 9.17) is 9.84 Å². The number of benzene rings is 1. The van der Waals surface area contributed by atoms with E-state index in [-0.39, 0.29) is 41.5 Å². The Bertz CT molecular complexity index is 1620. The van der Waals surface area contributed by atoms with Crippen molar-refractivity contribution in [2.75, 3.05) is 6.01 Å². The van der Waals surface area contributed by atoms with Crippen molar-refractivity contribution >= 4 is 34.8 Å². The zero-order chi connectivity index (χ0) is 33.1. The van der Waals surface area contributed by atoms with Gasteiger partial charge in [0.25, 0.3) is 5.91 Å². The molecule has 1 aromatic heterocycles. The Labute approximate surface area is 280 Å². The summed E-state index contributed by atoms with van der Waals surface area (Å²) < 4.78 is 21.4. The van der Waals surface area contributed by atoms with Gasteiger partial charge in [-0.3, -0.25) is 14.4 Å². The second-order valence-electron chi connectivity index (χ2n) is 15.0. The van der Waals surface area contributed by atoms with Crippen LogP contribution in [0, 0.1) is 28.6 Å². The Kier molecular flexibility index (Phi) is 8.43. The number of aliphatic hydroxyl groups is 1. The Morgan fingerprint density at radius 2 is 1.96 bits per heavy atom. The number of carbonyl (C=O) groups is 3. The standard InChI is InChI=1S/C37H46FN3O5S/c1-4-31(43)46-37(34(45)47-21-38)15-14-28-27-13-12-24-17-29-23(18-35(24,2)32(27)30(42)19-36(28,37)3)20-39-41(29)26-11-7-8-22(16-26)33(44)40-25-9-5-6-10-25/h7-8,11,16-17,20,25,27-28,30,32,42H,4-6,9-10,12-15,18-19,21H2,1-3H3,(H,40,44)/t27-,28-,30-,32+,35-,36-,37-/m0/s1. The summed E-state index contributed by atoms with van der Waals surface area (Å²) >= 11 is 0.579. The molecule has 252 valence electrons. The van der Waals surface area contributed by atoms with Gasteiger partial charge in [0.2, 0.25) is 5.12 Å². The number of esters is 1. The number of nitrogens with one attached hydrogen (secondary N) is 1. The molecule has 0 radical (unpaired) electrons. The number of ether oxygens (including phenoxy) is 1. The van der Waals surface area contributed by atoms with Crippen LogP contribution < -0.4 is 5.32 Å². The lowest BCUT2D eigenvalue weighted by molar-refractivity contribution is -0.196. The van der Waals surface area contributed by atoms with Crippen molar-refractivity contribution < 1.29 is 28.6 Å². The molecule has 4 saturated carbocycles. The molecule has 1 aromatic carbocycles. The fraction of sp³-hybridized carbons (Fsp3) is 0.622. The molecule has 10 heteroatoms. The predicted molar refractivity (Wildman–Crippen MR) is 178 cm³/mol. The average molecular weight is 664 g/mol. The van der Waals surface area contributed by atoms with Crippen LogP contribution in [0.1, 0.15) is 107 Å². The highest BCUT2D eigenvalue weighted by Gasteiger charge is 2.70. The Hall–Kier alpha value is -2.98. The Morgan fingerprint density at radius 1 is 1.17 bits per heavy atom. The number of aromatic nitrogens is 2. The first kappa shape index (κ1) is 32.6. The first-order valence-corrected chi connectivity index (χ1v) is 18.4. The smallest absolute Gasteiger partial charge is 0.306 e. The summed E-state index contributed by atoms with van der Waals surface area (Å²) in [6.07, 6.45) is 11.8. The summed E-state index contributed by atoms with van der Waals surface area (Å²) in [5, 5.41) is 19.6. The number of amides is 1. The highest BCUT2D eigenvalue weighted by molar-refractivity contribution is 8.13. The van der Waals surface area contributed by atoms with E-state index in [1.807, 2.05) is 42.1 Å². The lowest BCUT2D eigenvalue weighted by Gasteiger charge is -2.60. The zero-order valence-electron chi connectivity index (χ0n) is 27.6. The number of alkyl halides is 1. The number of rotatable bonds is 7. The second-order valence-corrected chi connectivity index (χ2v) is 15.9. The normalized spacial score (nSPS) is 34.4. The maximum Gasteiger partial charge on any atom is 0.306 e. The minimum atomic E-state index is -1.44. The molecule has 7 atom stereocenters. The largest absolute Gasteiger partial charge is 0.449 e. The minimum absolute atomic E-state index is 0.0405. The molecule has 0 saturated heterocycles. The van der Waals surface area contributed by atoms with Crippen LogP contribution in [0.15, 0.2) is 36.0 Å². The fourth-order valence-corrected chi connectivity index (χ4v) is 11.2. The lowest BCUT2D eigenvalue weighted by Crippen LogP contribution is -2.62. The van der Waals surface area contributed by atoms with Crippen molar-refractivity contribution in [2.45, 2.75) is 109 Å². The summed E-state index contributed by atoms with van der Waals surface area (Å²) in [4.78, 5) is 39.3. The molecular formula is C37H46FN3O5S. The van der Waals surface area contributed by atoms with Crippen LogP contribution in [0.25, 0.3) is 11.8 Å². The molecule has 8 nitrogen and oxygen atoms in total. The van der Waals surface area contributed by atoms with E-state index in [1.165, 1.54) is 5.57 Å². The molecule has 4 fully saturated rings. The lowest BCUT2D eigenvalue weighted by atomic mass is 9.45. The van der Waals surface area contributed by atoms with Gasteiger partial charge in [0.05, 0.1) is 23.7 Å². The molecule has 1 amide bonds. The molecule has 2 aromatic rings. The van der Waals surface area contributed by atoms with Gasteiger partial charge in [-0.05, 0) is 116 Å². The quantitative estimate of drug-likeness (QED) is 0.322. The van der Waals surface area contributed by atoms with E-state index in [2.05, 4.69) is 18.3 Å². The van der Waals surface area contributed by atoms with Crippen molar-refractivity contribution in [3.63, 3.8) is 0 Å². The Morgan fingerprint density at radius 3 is 2.70 bits per heavy atom. The highest BCUT2D eigenvalue weighted by atomic mass is 32.2. The van der Waals surface area contributed by atoms with Crippen molar-refractivity contribution in [3.05, 3.63) is 52.9 Å². The van der Waals surface area contributed by atoms with Gasteiger partial charge in [-0.1, -0.05) is 45.3 Å². The number of carbonyl (C=O) groups excluding carboxylic acids is 3. The maximum absolute atomic E-state index is 13.6. The zero-order valence-corrected chi connectivity index (χ0v) is 28.4. The molecule has 0 unspecified atom stereocenters. The van der Waals surface area contributed by atoms with Gasteiger partial charge < -0.3 is 15.2 Å². The number of aliphatic hydroxyl groups excluding tert-OH is 1. The summed E-state index contributed by atoms with van der Waals surface area (Å²) in [7, 11) is 0. The molecule has 5 aliphatic carbocycles. The monoisotopic (exact) mass is 663 g/mol. The molecule has 47 heavy (non-hydrogen) atoms. The van der Waals surface area contributed by atoms with Gasteiger partial charge >= 0.3 is 5.97 Å². The van der Waals surface area contributed by atoms with Crippen molar-refractivity contribution in [2.24, 2.45) is 28.6 Å². The van der Waals surface area contributed by atoms with E-state index in [0.29, 0.717) is 36.6 Å². The van der Waals surface area contributed by atoms with Gasteiger partial charge in [-0.15, -0.1) is 0 Å². The minimum Gasteiger partial charge on any atom is -0.449 e. The first-order valence-electron chi connectivity index (χ1n) is 17.4. The molecular weight excluding hydrogens is 617 g/mol. The summed E-state index contributed by atoms with van der Waals surface area (Å²) in [6, 6.07) is 7.02. The number of hydrogen-bond acceptors (Lipinski definition) is 7. The van der Waals surface area contributed by atoms with Crippen LogP contribution in [0.4, 0.5) is 4.39 Å². The summed E-state index contributed by atoms with van der Waals surface area (Å²) in [5.74, 6) is -0.365. The molecule has 5 aliphatic rings. The van der Waals surface area contributed by atoms with Crippen LogP contribution >= 0.6 is 11.8 Å². The number of nitrogens with zero attached hydrogens (tertiary/aromatic N) is 2. The topological polar surface area (TPSA) is 111 Å². The fourth-order valence-electron chi connectivity index (χ4n) is 10.5. The third kappa shape index (κ3) is 5.11. The van der Waals surface area contributed by atoms with E-state index >= 15 is 0 Å². The molecule has 0 aliphatic heterocycles. The molecule has 0 bridgehead atoms. The molecule has 0 spiro atoms. The molecule has 2 N–H and O–H groups in total. The number of thioether (sulfide) groups is 1. The van der Waals surface area contributed by atoms with E-state index in [9.17, 15) is 23.9 Å². The highest BCUT2D eigenvalue weighted by Crippen LogP contribution is 2.69. The predicted octanol–water partition coefficient (Wildman–Crippen LogP) is 6.58. The second kappa shape index (κ2) is 12.2. The van der Waals surface area contributed by atoms with Crippen LogP contribution in [0.3, 0.4) is 0 Å². The van der Waals surface area contributed by atoms with Gasteiger partial charge in [0, 0.05) is 23.4 Å². The van der Waals surface area contributed by atoms with Gasteiger partial charge in [0.1, 0.15) is 6.01 Å². The third-order valence-electron chi connectivity index (χ3n) is 12.7. The number of fused-ring (bicyclic) bond motifs is 6. The number of halogens is 1. The Balaban J connectivity index is 1.17. The molecule has 7 rings (SSSR count). The van der Waals surface area contributed by atoms with E-state index in [0.717, 1.165) is 61.9 Å². The van der Waals surface area contributed by atoms with Crippen molar-refractivity contribution in [1.82, 2.24) is 15.1 Å². The number of allylic oxidation sites excluding steroid dienone is 1. The van der Waals surface area contributed by atoms with Crippen LogP contribution in [-0.4, -0.2) is 55.6 Å². The molecule has 1 heterocycles. The van der Waals surface area contributed by atoms with Crippen LogP contribution in [0.5, 0.6) is 0 Å². The van der Waals surface area contributed by atoms with Gasteiger partial charge in [-0.2, -0.15) is 5.10 Å². The van der Waals surface area contributed by atoms with E-state index in [1.54, 1.807) is 6.92 Å². The summed E-state index contributed by atoms with van der Waals surface area (Å²) in [6.45, 7) is 5.95. The third-order valence-corrected chi connectivity index (χ3v) is 13.4. The van der Waals surface area contributed by atoms with Gasteiger partial charge in [-0.25, -0.2) is 9.07 Å². The average Bonchev–Trinajstić information content (AvgIpc) is 3.78. The van der Waals surface area contributed by atoms with Crippen LogP contribution in [0.2, 0.25) is 0 Å². The first-order chi connectivity index (χ1) is 22.5. The maximum atomic E-state index is 13.6. The SMILES string of the molecule is CCC(=O)O[C@]1(C(=O)SCF)CC[C@H]2[C@@H]3CCC4=Cc5c(cnn5-c5cccc(C(=O)NC6CCCC6)c5)C[C@]4(C)[C@H]3[C@@H](O)C[C@@]21C.